The molecule has 2 N–H and O–H groups in total. The third-order valence-electron chi connectivity index (χ3n) is 3.11. The van der Waals surface area contributed by atoms with E-state index in [9.17, 15) is 4.39 Å². The maximum atomic E-state index is 13.1. The molecule has 0 aromatic heterocycles. The summed E-state index contributed by atoms with van der Waals surface area (Å²) in [4.78, 5) is 0. The van der Waals surface area contributed by atoms with Crippen molar-refractivity contribution in [1.29, 1.82) is 0 Å². The smallest absolute Gasteiger partial charge is 0.124 e. The van der Waals surface area contributed by atoms with Crippen LogP contribution in [-0.2, 0) is 6.42 Å². The molecule has 2 rings (SSSR count). The lowest BCUT2D eigenvalue weighted by Gasteiger charge is -2.16. The van der Waals surface area contributed by atoms with Crippen molar-refractivity contribution in [3.05, 3.63) is 64.4 Å². The number of rotatable bonds is 5. The van der Waals surface area contributed by atoms with Gasteiger partial charge in [0.25, 0.3) is 0 Å². The molecule has 0 saturated carbocycles. The predicted octanol–water partition coefficient (Wildman–Crippen LogP) is 4.51. The van der Waals surface area contributed by atoms with E-state index in [-0.39, 0.29) is 18.0 Å². The van der Waals surface area contributed by atoms with Crippen molar-refractivity contribution >= 4 is 11.6 Å². The average molecular weight is 308 g/mol. The van der Waals surface area contributed by atoms with E-state index in [1.54, 1.807) is 6.07 Å². The van der Waals surface area contributed by atoms with Gasteiger partial charge in [-0.15, -0.1) is 0 Å². The van der Waals surface area contributed by atoms with Gasteiger partial charge in [-0.3, -0.25) is 0 Å². The first-order chi connectivity index (χ1) is 9.95. The molecular formula is C17H19ClFNO. The molecule has 1 unspecified atom stereocenters. The van der Waals surface area contributed by atoms with Gasteiger partial charge in [-0.05, 0) is 55.7 Å². The van der Waals surface area contributed by atoms with Crippen LogP contribution in [0.25, 0.3) is 0 Å². The van der Waals surface area contributed by atoms with Crippen LogP contribution in [0.15, 0.2) is 42.5 Å². The molecule has 2 aromatic carbocycles. The molecule has 0 saturated heterocycles. The summed E-state index contributed by atoms with van der Waals surface area (Å²) < 4.78 is 18.7. The highest BCUT2D eigenvalue weighted by Crippen LogP contribution is 2.25. The Kier molecular flexibility index (Phi) is 5.21. The third kappa shape index (κ3) is 4.45. The van der Waals surface area contributed by atoms with Gasteiger partial charge in [-0.2, -0.15) is 0 Å². The van der Waals surface area contributed by atoms with Crippen molar-refractivity contribution < 1.29 is 9.13 Å². The van der Waals surface area contributed by atoms with Gasteiger partial charge in [0.2, 0.25) is 0 Å². The molecule has 1 atom stereocenters. The fourth-order valence-corrected chi connectivity index (χ4v) is 2.38. The van der Waals surface area contributed by atoms with Gasteiger partial charge in [-0.1, -0.05) is 29.8 Å². The lowest BCUT2D eigenvalue weighted by Crippen LogP contribution is -2.14. The number of benzene rings is 2. The Bertz CT molecular complexity index is 615. The highest BCUT2D eigenvalue weighted by Gasteiger charge is 2.11. The first-order valence-electron chi connectivity index (χ1n) is 6.92. The van der Waals surface area contributed by atoms with Crippen LogP contribution >= 0.6 is 11.6 Å². The van der Waals surface area contributed by atoms with Crippen LogP contribution in [0.4, 0.5) is 4.39 Å². The highest BCUT2D eigenvalue weighted by atomic mass is 35.5. The second-order valence-electron chi connectivity index (χ2n) is 5.29. The van der Waals surface area contributed by atoms with Crippen molar-refractivity contribution in [3.8, 4) is 5.75 Å². The standard InChI is InChI=1S/C17H19ClFNO/c1-11(2)21-15-5-3-4-13(8-15)17(20)9-12-6-7-14(19)10-16(12)18/h3-8,10-11,17H,9,20H2,1-2H3. The van der Waals surface area contributed by atoms with Crippen molar-refractivity contribution in [1.82, 2.24) is 0 Å². The molecular weight excluding hydrogens is 289 g/mol. The van der Waals surface area contributed by atoms with Crippen LogP contribution in [-0.4, -0.2) is 6.10 Å². The van der Waals surface area contributed by atoms with E-state index in [2.05, 4.69) is 0 Å². The second-order valence-corrected chi connectivity index (χ2v) is 5.69. The molecule has 2 aromatic rings. The molecule has 112 valence electrons. The zero-order valence-electron chi connectivity index (χ0n) is 12.1. The molecule has 0 radical (unpaired) electrons. The fourth-order valence-electron chi connectivity index (χ4n) is 2.13. The second kappa shape index (κ2) is 6.92. The number of hydrogen-bond donors (Lipinski definition) is 1. The van der Waals surface area contributed by atoms with Gasteiger partial charge in [0, 0.05) is 11.1 Å². The molecule has 0 spiro atoms. The zero-order chi connectivity index (χ0) is 15.4. The number of nitrogens with two attached hydrogens (primary N) is 1. The van der Waals surface area contributed by atoms with E-state index in [0.29, 0.717) is 11.4 Å². The summed E-state index contributed by atoms with van der Waals surface area (Å²) in [6.45, 7) is 3.95. The zero-order valence-corrected chi connectivity index (χ0v) is 12.9. The fraction of sp³-hybridized carbons (Fsp3) is 0.294. The molecule has 21 heavy (non-hydrogen) atoms. The van der Waals surface area contributed by atoms with Crippen LogP contribution in [0.2, 0.25) is 5.02 Å². The monoisotopic (exact) mass is 307 g/mol. The Labute approximate surface area is 129 Å². The summed E-state index contributed by atoms with van der Waals surface area (Å²) in [5, 5.41) is 0.403. The molecule has 4 heteroatoms. The predicted molar refractivity (Wildman–Crippen MR) is 84.2 cm³/mol. The number of hydrogen-bond acceptors (Lipinski definition) is 2. The van der Waals surface area contributed by atoms with E-state index in [0.717, 1.165) is 16.9 Å². The van der Waals surface area contributed by atoms with E-state index in [4.69, 9.17) is 22.1 Å². The Morgan fingerprint density at radius 3 is 2.62 bits per heavy atom. The topological polar surface area (TPSA) is 35.2 Å². The van der Waals surface area contributed by atoms with Gasteiger partial charge < -0.3 is 10.5 Å². The van der Waals surface area contributed by atoms with Gasteiger partial charge >= 0.3 is 0 Å². The van der Waals surface area contributed by atoms with E-state index in [1.807, 2.05) is 38.1 Å². The normalized spacial score (nSPS) is 12.5. The van der Waals surface area contributed by atoms with Crippen LogP contribution in [0, 0.1) is 5.82 Å². The van der Waals surface area contributed by atoms with E-state index < -0.39 is 0 Å². The Balaban J connectivity index is 2.14. The van der Waals surface area contributed by atoms with Gasteiger partial charge in [0.15, 0.2) is 0 Å². The summed E-state index contributed by atoms with van der Waals surface area (Å²) in [6, 6.07) is 11.9. The maximum Gasteiger partial charge on any atom is 0.124 e. The summed E-state index contributed by atoms with van der Waals surface area (Å²) in [5.74, 6) is 0.452. The van der Waals surface area contributed by atoms with Crippen molar-refractivity contribution in [2.45, 2.75) is 32.4 Å². The van der Waals surface area contributed by atoms with Gasteiger partial charge in [0.1, 0.15) is 11.6 Å². The molecule has 0 bridgehead atoms. The Morgan fingerprint density at radius 1 is 1.19 bits per heavy atom. The molecule has 0 heterocycles. The largest absolute Gasteiger partial charge is 0.491 e. The Hall–Kier alpha value is -1.58. The lowest BCUT2D eigenvalue weighted by molar-refractivity contribution is 0.242. The summed E-state index contributed by atoms with van der Waals surface area (Å²) in [7, 11) is 0. The van der Waals surface area contributed by atoms with E-state index in [1.165, 1.54) is 12.1 Å². The van der Waals surface area contributed by atoms with Crippen molar-refractivity contribution in [2.75, 3.05) is 0 Å². The molecule has 0 amide bonds. The van der Waals surface area contributed by atoms with Crippen molar-refractivity contribution in [3.63, 3.8) is 0 Å². The van der Waals surface area contributed by atoms with Crippen LogP contribution in [0.1, 0.15) is 31.0 Å². The third-order valence-corrected chi connectivity index (χ3v) is 3.46. The summed E-state index contributed by atoms with van der Waals surface area (Å²) in [5.41, 5.74) is 8.03. The quantitative estimate of drug-likeness (QED) is 0.882. The summed E-state index contributed by atoms with van der Waals surface area (Å²) >= 11 is 6.04. The van der Waals surface area contributed by atoms with Crippen LogP contribution in [0.3, 0.4) is 0 Å². The number of ether oxygens (including phenoxy) is 1. The Morgan fingerprint density at radius 2 is 1.95 bits per heavy atom. The van der Waals surface area contributed by atoms with Gasteiger partial charge in [0.05, 0.1) is 6.10 Å². The SMILES string of the molecule is CC(C)Oc1cccc(C(N)Cc2ccc(F)cc2Cl)c1. The molecule has 0 aliphatic heterocycles. The highest BCUT2D eigenvalue weighted by molar-refractivity contribution is 6.31. The lowest BCUT2D eigenvalue weighted by atomic mass is 9.99. The van der Waals surface area contributed by atoms with Crippen LogP contribution < -0.4 is 10.5 Å². The van der Waals surface area contributed by atoms with E-state index >= 15 is 0 Å². The van der Waals surface area contributed by atoms with Crippen LogP contribution in [0.5, 0.6) is 5.75 Å². The minimum Gasteiger partial charge on any atom is -0.491 e. The van der Waals surface area contributed by atoms with Gasteiger partial charge in [-0.25, -0.2) is 4.39 Å². The minimum atomic E-state index is -0.343. The average Bonchev–Trinajstić information content (AvgIpc) is 2.41. The summed E-state index contributed by atoms with van der Waals surface area (Å²) in [6.07, 6.45) is 0.660. The molecule has 0 aliphatic carbocycles. The first kappa shape index (κ1) is 15.8. The molecule has 2 nitrogen and oxygen atoms in total. The molecule has 0 fully saturated rings. The number of halogens is 2. The maximum absolute atomic E-state index is 13.1. The minimum absolute atomic E-state index is 0.114. The van der Waals surface area contributed by atoms with Crippen molar-refractivity contribution in [2.24, 2.45) is 5.73 Å². The first-order valence-corrected chi connectivity index (χ1v) is 7.29. The molecule has 0 aliphatic rings.